The average Bonchev–Trinajstić information content (AvgIpc) is 3.32. The fourth-order valence-electron chi connectivity index (χ4n) is 3.27. The number of hydrogen-bond acceptors (Lipinski definition) is 6. The number of benzene rings is 1. The van der Waals surface area contributed by atoms with Gasteiger partial charge in [0.05, 0.1) is 6.04 Å². The van der Waals surface area contributed by atoms with Gasteiger partial charge in [-0.3, -0.25) is 4.90 Å². The molecule has 4 rings (SSSR count). The van der Waals surface area contributed by atoms with Crippen molar-refractivity contribution in [3.05, 3.63) is 60.1 Å². The molecule has 0 bridgehead atoms. The average molecular weight is 335 g/mol. The summed E-state index contributed by atoms with van der Waals surface area (Å²) in [7, 11) is 1.84. The first-order chi connectivity index (χ1) is 12.3. The minimum atomic E-state index is 0.186. The molecule has 6 nitrogen and oxygen atoms in total. The summed E-state index contributed by atoms with van der Waals surface area (Å²) in [5, 5.41) is 7.16. The highest BCUT2D eigenvalue weighted by Crippen LogP contribution is 2.33. The van der Waals surface area contributed by atoms with Gasteiger partial charge in [0.25, 0.3) is 0 Å². The first kappa shape index (κ1) is 15.8. The van der Waals surface area contributed by atoms with Gasteiger partial charge in [-0.2, -0.15) is 4.98 Å². The number of aromatic nitrogens is 3. The van der Waals surface area contributed by atoms with Crippen molar-refractivity contribution in [3.63, 3.8) is 0 Å². The van der Waals surface area contributed by atoms with Crippen molar-refractivity contribution in [3.8, 4) is 11.4 Å². The maximum atomic E-state index is 5.58. The number of hydrogen-bond donors (Lipinski definition) is 1. The van der Waals surface area contributed by atoms with E-state index in [0.717, 1.165) is 37.3 Å². The topological polar surface area (TPSA) is 67.1 Å². The number of rotatable bonds is 5. The van der Waals surface area contributed by atoms with E-state index in [-0.39, 0.29) is 6.04 Å². The van der Waals surface area contributed by atoms with Gasteiger partial charge in [0.1, 0.15) is 5.82 Å². The molecule has 3 aromatic rings. The van der Waals surface area contributed by atoms with Crippen LogP contribution in [0.15, 0.2) is 53.2 Å². The number of likely N-dealkylation sites (tertiary alicyclic amines) is 1. The molecule has 0 spiro atoms. The van der Waals surface area contributed by atoms with Gasteiger partial charge >= 0.3 is 0 Å². The summed E-state index contributed by atoms with van der Waals surface area (Å²) in [5.74, 6) is 2.11. The van der Waals surface area contributed by atoms with Crippen molar-refractivity contribution < 1.29 is 4.52 Å². The Balaban J connectivity index is 1.52. The highest BCUT2D eigenvalue weighted by atomic mass is 16.5. The lowest BCUT2D eigenvalue weighted by atomic mass is 10.2. The van der Waals surface area contributed by atoms with Crippen LogP contribution in [0.25, 0.3) is 11.4 Å². The molecular formula is C19H21N5O. The van der Waals surface area contributed by atoms with E-state index in [4.69, 9.17) is 4.52 Å². The molecule has 0 aliphatic carbocycles. The molecule has 25 heavy (non-hydrogen) atoms. The van der Waals surface area contributed by atoms with E-state index in [0.29, 0.717) is 11.7 Å². The quantitative estimate of drug-likeness (QED) is 0.769. The first-order valence-electron chi connectivity index (χ1n) is 8.59. The zero-order valence-electron chi connectivity index (χ0n) is 14.2. The third kappa shape index (κ3) is 3.39. The monoisotopic (exact) mass is 335 g/mol. The van der Waals surface area contributed by atoms with Gasteiger partial charge in [-0.05, 0) is 37.1 Å². The van der Waals surface area contributed by atoms with E-state index in [1.807, 2.05) is 25.2 Å². The standard InChI is InChI=1S/C19H21N5O/c1-20-17-10-9-15(12-21-17)18-22-19(25-23-18)16-8-5-11-24(16)13-14-6-3-2-4-7-14/h2-4,6-7,9-10,12,16H,5,8,11,13H2,1H3,(H,20,21). The Hall–Kier alpha value is -2.73. The second-order valence-electron chi connectivity index (χ2n) is 6.25. The van der Waals surface area contributed by atoms with Gasteiger partial charge < -0.3 is 9.84 Å². The molecule has 1 aliphatic rings. The first-order valence-corrected chi connectivity index (χ1v) is 8.59. The third-order valence-electron chi connectivity index (χ3n) is 4.60. The lowest BCUT2D eigenvalue weighted by molar-refractivity contribution is 0.201. The lowest BCUT2D eigenvalue weighted by Gasteiger charge is -2.21. The fraction of sp³-hybridized carbons (Fsp3) is 0.316. The molecule has 1 N–H and O–H groups in total. The van der Waals surface area contributed by atoms with Crippen LogP contribution in [0.4, 0.5) is 5.82 Å². The van der Waals surface area contributed by atoms with Crippen LogP contribution in [-0.2, 0) is 6.54 Å². The van der Waals surface area contributed by atoms with Crippen LogP contribution in [0, 0.1) is 0 Å². The summed E-state index contributed by atoms with van der Waals surface area (Å²) in [5.41, 5.74) is 2.17. The Morgan fingerprint density at radius 1 is 1.20 bits per heavy atom. The maximum absolute atomic E-state index is 5.58. The molecular weight excluding hydrogens is 314 g/mol. The normalized spacial score (nSPS) is 17.7. The second kappa shape index (κ2) is 7.03. The molecule has 1 atom stereocenters. The molecule has 6 heteroatoms. The fourth-order valence-corrected chi connectivity index (χ4v) is 3.27. The zero-order chi connectivity index (χ0) is 17.1. The van der Waals surface area contributed by atoms with Gasteiger partial charge in [-0.1, -0.05) is 35.5 Å². The van der Waals surface area contributed by atoms with Crippen molar-refractivity contribution >= 4 is 5.82 Å². The van der Waals surface area contributed by atoms with Crippen LogP contribution in [0.5, 0.6) is 0 Å². The van der Waals surface area contributed by atoms with E-state index in [2.05, 4.69) is 49.6 Å². The van der Waals surface area contributed by atoms with Crippen molar-refractivity contribution in [1.29, 1.82) is 0 Å². The van der Waals surface area contributed by atoms with E-state index < -0.39 is 0 Å². The van der Waals surface area contributed by atoms with Crippen LogP contribution < -0.4 is 5.32 Å². The molecule has 1 aliphatic heterocycles. The van der Waals surface area contributed by atoms with Crippen molar-refractivity contribution in [1.82, 2.24) is 20.0 Å². The smallest absolute Gasteiger partial charge is 0.244 e. The molecule has 128 valence electrons. The molecule has 0 radical (unpaired) electrons. The summed E-state index contributed by atoms with van der Waals surface area (Å²) in [6, 6.07) is 14.5. The van der Waals surface area contributed by atoms with Crippen molar-refractivity contribution in [2.45, 2.75) is 25.4 Å². The molecule has 1 aromatic carbocycles. The number of nitrogens with one attached hydrogen (secondary N) is 1. The van der Waals surface area contributed by atoms with Gasteiger partial charge in [0.2, 0.25) is 11.7 Å². The number of nitrogens with zero attached hydrogens (tertiary/aromatic N) is 4. The van der Waals surface area contributed by atoms with Gasteiger partial charge in [0, 0.05) is 25.4 Å². The third-order valence-corrected chi connectivity index (χ3v) is 4.60. The number of anilines is 1. The molecule has 3 heterocycles. The molecule has 0 saturated carbocycles. The lowest BCUT2D eigenvalue weighted by Crippen LogP contribution is -2.22. The molecule has 2 aromatic heterocycles. The Morgan fingerprint density at radius 3 is 2.84 bits per heavy atom. The van der Waals surface area contributed by atoms with E-state index in [1.165, 1.54) is 5.56 Å². The highest BCUT2D eigenvalue weighted by molar-refractivity contribution is 5.55. The predicted octanol–water partition coefficient (Wildman–Crippen LogP) is 3.51. The largest absolute Gasteiger partial charge is 0.373 e. The summed E-state index contributed by atoms with van der Waals surface area (Å²) in [4.78, 5) is 11.3. The minimum absolute atomic E-state index is 0.186. The van der Waals surface area contributed by atoms with Crippen LogP contribution >= 0.6 is 0 Å². The zero-order valence-corrected chi connectivity index (χ0v) is 14.2. The summed E-state index contributed by atoms with van der Waals surface area (Å²) >= 11 is 0. The summed E-state index contributed by atoms with van der Waals surface area (Å²) < 4.78 is 5.58. The van der Waals surface area contributed by atoms with E-state index in [1.54, 1.807) is 6.20 Å². The molecule has 1 unspecified atom stereocenters. The number of pyridine rings is 1. The van der Waals surface area contributed by atoms with Crippen molar-refractivity contribution in [2.24, 2.45) is 0 Å². The minimum Gasteiger partial charge on any atom is -0.373 e. The van der Waals surface area contributed by atoms with Crippen LogP contribution in [0.3, 0.4) is 0 Å². The Kier molecular flexibility index (Phi) is 4.43. The van der Waals surface area contributed by atoms with E-state index in [9.17, 15) is 0 Å². The maximum Gasteiger partial charge on any atom is 0.244 e. The molecule has 1 saturated heterocycles. The Morgan fingerprint density at radius 2 is 2.08 bits per heavy atom. The molecule has 1 fully saturated rings. The van der Waals surface area contributed by atoms with E-state index >= 15 is 0 Å². The van der Waals surface area contributed by atoms with Gasteiger partial charge in [0.15, 0.2) is 0 Å². The molecule has 0 amide bonds. The predicted molar refractivity (Wildman–Crippen MR) is 95.9 cm³/mol. The van der Waals surface area contributed by atoms with Gasteiger partial charge in [-0.15, -0.1) is 0 Å². The summed E-state index contributed by atoms with van der Waals surface area (Å²) in [6.45, 7) is 1.96. The highest BCUT2D eigenvalue weighted by Gasteiger charge is 2.30. The second-order valence-corrected chi connectivity index (χ2v) is 6.25. The SMILES string of the molecule is CNc1ccc(-c2noc(C3CCCN3Cc3ccccc3)n2)cn1. The van der Waals surface area contributed by atoms with Crippen LogP contribution in [-0.4, -0.2) is 33.6 Å². The summed E-state index contributed by atoms with van der Waals surface area (Å²) in [6.07, 6.45) is 3.95. The Bertz CT molecular complexity index is 815. The van der Waals surface area contributed by atoms with Crippen molar-refractivity contribution in [2.75, 3.05) is 18.9 Å². The van der Waals surface area contributed by atoms with Crippen LogP contribution in [0.2, 0.25) is 0 Å². The van der Waals surface area contributed by atoms with Gasteiger partial charge in [-0.25, -0.2) is 4.98 Å². The Labute approximate surface area is 146 Å². The van der Waals surface area contributed by atoms with Crippen LogP contribution in [0.1, 0.15) is 30.3 Å².